The van der Waals surface area contributed by atoms with Gasteiger partial charge in [0.1, 0.15) is 0 Å². The molecule has 9 heteroatoms. The van der Waals surface area contributed by atoms with Crippen molar-refractivity contribution in [3.8, 4) is 0 Å². The number of aryl methyl sites for hydroxylation is 1. The van der Waals surface area contributed by atoms with E-state index in [-0.39, 0.29) is 22.5 Å². The van der Waals surface area contributed by atoms with Crippen LogP contribution in [0.2, 0.25) is 10.0 Å². The Balaban J connectivity index is 1.56. The molecule has 0 aliphatic rings. The first-order valence-corrected chi connectivity index (χ1v) is 14.3. The zero-order chi connectivity index (χ0) is 24.7. The summed E-state index contributed by atoms with van der Waals surface area (Å²) in [5.74, 6) is 1.55. The summed E-state index contributed by atoms with van der Waals surface area (Å²) in [4.78, 5) is 12.5. The fourth-order valence-corrected chi connectivity index (χ4v) is 5.56. The molecule has 3 aromatic carbocycles. The molecule has 0 bridgehead atoms. The van der Waals surface area contributed by atoms with Gasteiger partial charge in [0.05, 0.1) is 28.5 Å². The van der Waals surface area contributed by atoms with E-state index in [1.807, 2.05) is 12.1 Å². The molecule has 0 saturated carbocycles. The summed E-state index contributed by atoms with van der Waals surface area (Å²) < 4.78 is 26.0. The molecule has 1 amide bonds. The maximum atomic E-state index is 12.5. The number of nitrogens with one attached hydrogen (secondary N) is 1. The van der Waals surface area contributed by atoms with Crippen molar-refractivity contribution >= 4 is 56.6 Å². The first-order chi connectivity index (χ1) is 16.2. The summed E-state index contributed by atoms with van der Waals surface area (Å²) in [6, 6.07) is 20.0. The molecule has 0 aliphatic heterocycles. The van der Waals surface area contributed by atoms with Crippen molar-refractivity contribution < 1.29 is 13.2 Å². The summed E-state index contributed by atoms with van der Waals surface area (Å²) in [7, 11) is -3.61. The molecule has 34 heavy (non-hydrogen) atoms. The van der Waals surface area contributed by atoms with Gasteiger partial charge < -0.3 is 5.32 Å². The minimum Gasteiger partial charge on any atom is -0.351 e. The lowest BCUT2D eigenvalue weighted by Crippen LogP contribution is -2.29. The van der Waals surface area contributed by atoms with Crippen molar-refractivity contribution in [3.05, 3.63) is 99.0 Å². The standard InChI is InChI=1S/C25H26Cl2N2O3S2/c1-18-6-3-4-7-21(18)17-33-15-14-28-25(30)20-12-10-19(11-13-20)16-29(34(2,31)32)23-9-5-8-22(26)24(23)27/h3-13H,14-17H2,1-2H3,(H,28,30). The van der Waals surface area contributed by atoms with Gasteiger partial charge in [-0.1, -0.05) is 65.7 Å². The molecule has 1 N–H and O–H groups in total. The van der Waals surface area contributed by atoms with E-state index < -0.39 is 10.0 Å². The second kappa shape index (κ2) is 12.0. The summed E-state index contributed by atoms with van der Waals surface area (Å²) in [5.41, 5.74) is 4.11. The Bertz CT molecular complexity index is 1250. The highest BCUT2D eigenvalue weighted by atomic mass is 35.5. The second-order valence-corrected chi connectivity index (χ2v) is 11.6. The highest BCUT2D eigenvalue weighted by Crippen LogP contribution is 2.34. The minimum atomic E-state index is -3.61. The lowest BCUT2D eigenvalue weighted by molar-refractivity contribution is 0.0956. The smallest absolute Gasteiger partial charge is 0.251 e. The van der Waals surface area contributed by atoms with Crippen molar-refractivity contribution in [2.24, 2.45) is 0 Å². The molecule has 0 saturated heterocycles. The van der Waals surface area contributed by atoms with Crippen LogP contribution in [0.25, 0.3) is 0 Å². The number of halogens is 2. The monoisotopic (exact) mass is 536 g/mol. The van der Waals surface area contributed by atoms with E-state index in [0.717, 1.165) is 17.8 Å². The van der Waals surface area contributed by atoms with Crippen molar-refractivity contribution in [2.75, 3.05) is 22.9 Å². The number of amides is 1. The number of benzene rings is 3. The van der Waals surface area contributed by atoms with Crippen molar-refractivity contribution in [3.63, 3.8) is 0 Å². The molecular formula is C25H26Cl2N2O3S2. The number of rotatable bonds is 10. The van der Waals surface area contributed by atoms with E-state index in [1.54, 1.807) is 54.2 Å². The zero-order valence-corrected chi connectivity index (χ0v) is 22.1. The number of hydrogen-bond acceptors (Lipinski definition) is 4. The molecule has 0 fully saturated rings. The van der Waals surface area contributed by atoms with Crippen LogP contribution >= 0.6 is 35.0 Å². The molecule has 180 valence electrons. The maximum Gasteiger partial charge on any atom is 0.251 e. The van der Waals surface area contributed by atoms with Crippen LogP contribution in [0.4, 0.5) is 5.69 Å². The number of sulfonamides is 1. The highest BCUT2D eigenvalue weighted by molar-refractivity contribution is 7.98. The van der Waals surface area contributed by atoms with Gasteiger partial charge >= 0.3 is 0 Å². The summed E-state index contributed by atoms with van der Waals surface area (Å²) in [5, 5.41) is 3.37. The molecule has 0 unspecified atom stereocenters. The van der Waals surface area contributed by atoms with Crippen molar-refractivity contribution in [1.82, 2.24) is 5.32 Å². The number of carbonyl (C=O) groups is 1. The third-order valence-electron chi connectivity index (χ3n) is 5.19. The predicted molar refractivity (Wildman–Crippen MR) is 144 cm³/mol. The summed E-state index contributed by atoms with van der Waals surface area (Å²) in [6.45, 7) is 2.72. The third kappa shape index (κ3) is 7.15. The number of hydrogen-bond donors (Lipinski definition) is 1. The largest absolute Gasteiger partial charge is 0.351 e. The Morgan fingerprint density at radius 1 is 1.00 bits per heavy atom. The highest BCUT2D eigenvalue weighted by Gasteiger charge is 2.21. The van der Waals surface area contributed by atoms with Gasteiger partial charge in [0, 0.05) is 23.6 Å². The number of thioether (sulfide) groups is 1. The first kappa shape index (κ1) is 26.4. The van der Waals surface area contributed by atoms with Gasteiger partial charge in [0.25, 0.3) is 5.91 Å². The third-order valence-corrected chi connectivity index (χ3v) is 8.14. The van der Waals surface area contributed by atoms with E-state index in [4.69, 9.17) is 23.2 Å². The normalized spacial score (nSPS) is 11.3. The topological polar surface area (TPSA) is 66.5 Å². The lowest BCUT2D eigenvalue weighted by Gasteiger charge is -2.24. The van der Waals surface area contributed by atoms with Crippen LogP contribution in [0, 0.1) is 6.92 Å². The molecule has 0 aromatic heterocycles. The molecule has 3 aromatic rings. The molecule has 5 nitrogen and oxygen atoms in total. The van der Waals surface area contributed by atoms with Gasteiger partial charge in [-0.3, -0.25) is 9.10 Å². The van der Waals surface area contributed by atoms with E-state index in [1.165, 1.54) is 15.4 Å². The van der Waals surface area contributed by atoms with Crippen LogP contribution in [-0.2, 0) is 22.3 Å². The molecule has 3 rings (SSSR count). The SMILES string of the molecule is Cc1ccccc1CSCCNC(=O)c1ccc(CN(c2cccc(Cl)c2Cl)S(C)(=O)=O)cc1. The van der Waals surface area contributed by atoms with Crippen molar-refractivity contribution in [2.45, 2.75) is 19.2 Å². The van der Waals surface area contributed by atoms with Gasteiger partial charge in [-0.2, -0.15) is 11.8 Å². The molecule has 0 atom stereocenters. The molecular weight excluding hydrogens is 511 g/mol. The average molecular weight is 538 g/mol. The Labute approximate surface area is 215 Å². The van der Waals surface area contributed by atoms with Crippen LogP contribution < -0.4 is 9.62 Å². The Hall–Kier alpha value is -2.19. The second-order valence-electron chi connectivity index (χ2n) is 7.77. The fraction of sp³-hybridized carbons (Fsp3) is 0.240. The first-order valence-electron chi connectivity index (χ1n) is 10.6. The Morgan fingerprint density at radius 2 is 1.71 bits per heavy atom. The minimum absolute atomic E-state index is 0.0658. The number of carbonyl (C=O) groups excluding carboxylic acids is 1. The molecule has 0 aliphatic carbocycles. The molecule has 0 radical (unpaired) electrons. The quantitative estimate of drug-likeness (QED) is 0.326. The number of nitrogens with zero attached hydrogens (tertiary/aromatic N) is 1. The summed E-state index contributed by atoms with van der Waals surface area (Å²) in [6.07, 6.45) is 1.11. The van der Waals surface area contributed by atoms with Crippen LogP contribution in [0.3, 0.4) is 0 Å². The molecule has 0 spiro atoms. The summed E-state index contributed by atoms with van der Waals surface area (Å²) >= 11 is 14.1. The van der Waals surface area contributed by atoms with Crippen molar-refractivity contribution in [1.29, 1.82) is 0 Å². The Morgan fingerprint density at radius 3 is 2.38 bits per heavy atom. The maximum absolute atomic E-state index is 12.5. The van der Waals surface area contributed by atoms with Crippen LogP contribution in [0.15, 0.2) is 66.7 Å². The number of anilines is 1. The van der Waals surface area contributed by atoms with Gasteiger partial charge in [0.2, 0.25) is 10.0 Å². The average Bonchev–Trinajstić information content (AvgIpc) is 2.80. The Kier molecular flexibility index (Phi) is 9.31. The molecule has 0 heterocycles. The van der Waals surface area contributed by atoms with Gasteiger partial charge in [-0.25, -0.2) is 8.42 Å². The van der Waals surface area contributed by atoms with Crippen LogP contribution in [0.5, 0.6) is 0 Å². The van der Waals surface area contributed by atoms with E-state index >= 15 is 0 Å². The van der Waals surface area contributed by atoms with Gasteiger partial charge in [-0.05, 0) is 47.9 Å². The van der Waals surface area contributed by atoms with E-state index in [9.17, 15) is 13.2 Å². The predicted octanol–water partition coefficient (Wildman–Crippen LogP) is 5.93. The van der Waals surface area contributed by atoms with E-state index in [0.29, 0.717) is 23.4 Å². The lowest BCUT2D eigenvalue weighted by atomic mass is 10.1. The van der Waals surface area contributed by atoms with E-state index in [2.05, 4.69) is 24.4 Å². The van der Waals surface area contributed by atoms with Gasteiger partial charge in [0.15, 0.2) is 0 Å². The van der Waals surface area contributed by atoms with Crippen LogP contribution in [0.1, 0.15) is 27.0 Å². The van der Waals surface area contributed by atoms with Gasteiger partial charge in [-0.15, -0.1) is 0 Å². The fourth-order valence-electron chi connectivity index (χ4n) is 3.29. The zero-order valence-electron chi connectivity index (χ0n) is 18.9. The van der Waals surface area contributed by atoms with Crippen LogP contribution in [-0.4, -0.2) is 32.9 Å².